The molecule has 0 saturated heterocycles. The minimum atomic E-state index is 0.935. The molecule has 3 heteroatoms. The Balaban J connectivity index is 1.87. The zero-order valence-electron chi connectivity index (χ0n) is 11.6. The lowest BCUT2D eigenvalue weighted by Gasteiger charge is -2.02. The Bertz CT molecular complexity index is 700. The molecule has 0 atom stereocenters. The molecule has 0 amide bonds. The fourth-order valence-corrected chi connectivity index (χ4v) is 2.93. The molecule has 2 nitrogen and oxygen atoms in total. The van der Waals surface area contributed by atoms with Gasteiger partial charge in [-0.05, 0) is 26.0 Å². The van der Waals surface area contributed by atoms with Gasteiger partial charge >= 0.3 is 0 Å². The number of aryl methyl sites for hydroxylation is 2. The molecule has 0 radical (unpaired) electrons. The van der Waals surface area contributed by atoms with Gasteiger partial charge in [0, 0.05) is 16.1 Å². The zero-order valence-corrected chi connectivity index (χ0v) is 12.4. The summed E-state index contributed by atoms with van der Waals surface area (Å²) in [5.74, 6) is 0. The summed E-state index contributed by atoms with van der Waals surface area (Å²) in [6.07, 6.45) is 0. The molecule has 3 rings (SSSR count). The Kier molecular flexibility index (Phi) is 3.52. The van der Waals surface area contributed by atoms with Crippen LogP contribution in [0.4, 0.5) is 10.8 Å². The Morgan fingerprint density at radius 1 is 0.900 bits per heavy atom. The smallest absolute Gasteiger partial charge is 0.187 e. The average Bonchev–Trinajstić information content (AvgIpc) is 2.83. The number of rotatable bonds is 3. The fourth-order valence-electron chi connectivity index (χ4n) is 2.07. The minimum absolute atomic E-state index is 0.935. The Morgan fingerprint density at radius 2 is 1.60 bits per heavy atom. The first kappa shape index (κ1) is 12.9. The molecule has 0 fully saturated rings. The van der Waals surface area contributed by atoms with Crippen molar-refractivity contribution in [1.82, 2.24) is 4.98 Å². The lowest BCUT2D eigenvalue weighted by molar-refractivity contribution is 1.35. The third-order valence-corrected chi connectivity index (χ3v) is 4.03. The Hall–Kier alpha value is -2.13. The van der Waals surface area contributed by atoms with E-state index in [4.69, 9.17) is 4.98 Å². The molecule has 0 bridgehead atoms. The van der Waals surface area contributed by atoms with Crippen LogP contribution in [0.2, 0.25) is 0 Å². The summed E-state index contributed by atoms with van der Waals surface area (Å²) in [4.78, 5) is 5.93. The molecular formula is C17H16N2S. The van der Waals surface area contributed by atoms with Crippen LogP contribution in [0.3, 0.4) is 0 Å². The van der Waals surface area contributed by atoms with Crippen LogP contribution in [0.5, 0.6) is 0 Å². The topological polar surface area (TPSA) is 24.9 Å². The van der Waals surface area contributed by atoms with E-state index in [-0.39, 0.29) is 0 Å². The van der Waals surface area contributed by atoms with Gasteiger partial charge in [-0.3, -0.25) is 0 Å². The van der Waals surface area contributed by atoms with Gasteiger partial charge in [-0.25, -0.2) is 4.98 Å². The SMILES string of the molecule is Cc1ccc(Nc2nc(-c3ccccc3)c(C)s2)cc1. The normalized spacial score (nSPS) is 10.5. The lowest BCUT2D eigenvalue weighted by Crippen LogP contribution is -1.89. The van der Waals surface area contributed by atoms with Crippen molar-refractivity contribution in [3.8, 4) is 11.3 Å². The highest BCUT2D eigenvalue weighted by Crippen LogP contribution is 2.31. The number of thiazole rings is 1. The van der Waals surface area contributed by atoms with Gasteiger partial charge in [0.2, 0.25) is 0 Å². The van der Waals surface area contributed by atoms with E-state index in [1.165, 1.54) is 16.0 Å². The van der Waals surface area contributed by atoms with E-state index in [0.717, 1.165) is 16.5 Å². The van der Waals surface area contributed by atoms with Crippen molar-refractivity contribution >= 4 is 22.2 Å². The van der Waals surface area contributed by atoms with E-state index >= 15 is 0 Å². The number of hydrogen-bond acceptors (Lipinski definition) is 3. The number of anilines is 2. The third kappa shape index (κ3) is 2.73. The van der Waals surface area contributed by atoms with E-state index < -0.39 is 0 Å². The van der Waals surface area contributed by atoms with Crippen LogP contribution in [-0.2, 0) is 0 Å². The summed E-state index contributed by atoms with van der Waals surface area (Å²) >= 11 is 1.69. The van der Waals surface area contributed by atoms with Crippen molar-refractivity contribution in [1.29, 1.82) is 0 Å². The molecule has 1 N–H and O–H groups in total. The second kappa shape index (κ2) is 5.47. The van der Waals surface area contributed by atoms with Gasteiger partial charge < -0.3 is 5.32 Å². The second-order valence-corrected chi connectivity index (χ2v) is 5.98. The molecular weight excluding hydrogens is 264 g/mol. The molecule has 0 aliphatic heterocycles. The third-order valence-electron chi connectivity index (χ3n) is 3.15. The van der Waals surface area contributed by atoms with Gasteiger partial charge in [0.25, 0.3) is 0 Å². The minimum Gasteiger partial charge on any atom is -0.332 e. The van der Waals surface area contributed by atoms with Crippen molar-refractivity contribution < 1.29 is 0 Å². The van der Waals surface area contributed by atoms with Gasteiger partial charge in [-0.1, -0.05) is 48.0 Å². The van der Waals surface area contributed by atoms with E-state index in [1.807, 2.05) is 18.2 Å². The summed E-state index contributed by atoms with van der Waals surface area (Å²) < 4.78 is 0. The average molecular weight is 280 g/mol. The molecule has 0 aliphatic carbocycles. The van der Waals surface area contributed by atoms with E-state index in [1.54, 1.807) is 11.3 Å². The first-order valence-electron chi connectivity index (χ1n) is 6.59. The maximum Gasteiger partial charge on any atom is 0.187 e. The molecule has 0 aliphatic rings. The predicted octanol–water partition coefficient (Wildman–Crippen LogP) is 5.17. The van der Waals surface area contributed by atoms with Crippen molar-refractivity contribution in [3.05, 3.63) is 65.0 Å². The Morgan fingerprint density at radius 3 is 2.30 bits per heavy atom. The van der Waals surface area contributed by atoms with Crippen molar-refractivity contribution in [2.24, 2.45) is 0 Å². The van der Waals surface area contributed by atoms with E-state index in [9.17, 15) is 0 Å². The van der Waals surface area contributed by atoms with Crippen LogP contribution in [0.15, 0.2) is 54.6 Å². The van der Waals surface area contributed by atoms with Gasteiger partial charge in [0.05, 0.1) is 5.69 Å². The highest BCUT2D eigenvalue weighted by molar-refractivity contribution is 7.16. The fraction of sp³-hybridized carbons (Fsp3) is 0.118. The molecule has 0 unspecified atom stereocenters. The van der Waals surface area contributed by atoms with E-state index in [0.29, 0.717) is 0 Å². The van der Waals surface area contributed by atoms with Crippen LogP contribution in [0.25, 0.3) is 11.3 Å². The van der Waals surface area contributed by atoms with Crippen LogP contribution < -0.4 is 5.32 Å². The standard InChI is InChI=1S/C17H16N2S/c1-12-8-10-15(11-9-12)18-17-19-16(13(2)20-17)14-6-4-3-5-7-14/h3-11H,1-2H3,(H,18,19). The summed E-state index contributed by atoms with van der Waals surface area (Å²) in [5.41, 5.74) is 4.56. The number of nitrogens with zero attached hydrogens (tertiary/aromatic N) is 1. The molecule has 0 spiro atoms. The maximum absolute atomic E-state index is 4.71. The Labute approximate surface area is 123 Å². The van der Waals surface area contributed by atoms with Gasteiger partial charge in [-0.15, -0.1) is 11.3 Å². The molecule has 20 heavy (non-hydrogen) atoms. The molecule has 1 heterocycles. The van der Waals surface area contributed by atoms with Crippen LogP contribution >= 0.6 is 11.3 Å². The molecule has 3 aromatic rings. The van der Waals surface area contributed by atoms with Gasteiger partial charge in [-0.2, -0.15) is 0 Å². The molecule has 0 saturated carbocycles. The zero-order chi connectivity index (χ0) is 13.9. The number of benzene rings is 2. The first-order chi connectivity index (χ1) is 9.72. The summed E-state index contributed by atoms with van der Waals surface area (Å²) in [7, 11) is 0. The highest BCUT2D eigenvalue weighted by Gasteiger charge is 2.09. The number of hydrogen-bond donors (Lipinski definition) is 1. The van der Waals surface area contributed by atoms with Crippen LogP contribution in [0.1, 0.15) is 10.4 Å². The largest absolute Gasteiger partial charge is 0.332 e. The maximum atomic E-state index is 4.71. The summed E-state index contributed by atoms with van der Waals surface area (Å²) in [6.45, 7) is 4.20. The molecule has 100 valence electrons. The number of nitrogens with one attached hydrogen (secondary N) is 1. The summed E-state index contributed by atoms with van der Waals surface area (Å²) in [5, 5.41) is 4.30. The van der Waals surface area contributed by atoms with Gasteiger partial charge in [0.1, 0.15) is 0 Å². The van der Waals surface area contributed by atoms with Crippen molar-refractivity contribution in [2.75, 3.05) is 5.32 Å². The van der Waals surface area contributed by atoms with Crippen molar-refractivity contribution in [3.63, 3.8) is 0 Å². The van der Waals surface area contributed by atoms with Crippen molar-refractivity contribution in [2.45, 2.75) is 13.8 Å². The lowest BCUT2D eigenvalue weighted by atomic mass is 10.1. The first-order valence-corrected chi connectivity index (χ1v) is 7.40. The molecule has 2 aromatic carbocycles. The van der Waals surface area contributed by atoms with Crippen LogP contribution in [0, 0.1) is 13.8 Å². The van der Waals surface area contributed by atoms with Crippen LogP contribution in [-0.4, -0.2) is 4.98 Å². The van der Waals surface area contributed by atoms with Gasteiger partial charge in [0.15, 0.2) is 5.13 Å². The second-order valence-electron chi connectivity index (χ2n) is 4.78. The number of aromatic nitrogens is 1. The van der Waals surface area contributed by atoms with E-state index in [2.05, 4.69) is 55.6 Å². The summed E-state index contributed by atoms with van der Waals surface area (Å²) in [6, 6.07) is 18.7. The highest BCUT2D eigenvalue weighted by atomic mass is 32.1. The quantitative estimate of drug-likeness (QED) is 0.716. The molecule has 1 aromatic heterocycles. The predicted molar refractivity (Wildman–Crippen MR) is 86.7 cm³/mol. The monoisotopic (exact) mass is 280 g/mol.